The number of carbonyl (C=O) groups excluding carboxylic acids is 3. The Bertz CT molecular complexity index is 1220. The number of fused-ring (bicyclic) bond motifs is 2. The predicted molar refractivity (Wildman–Crippen MR) is 122 cm³/mol. The lowest BCUT2D eigenvalue weighted by Crippen LogP contribution is -2.42. The van der Waals surface area contributed by atoms with E-state index in [9.17, 15) is 14.4 Å². The minimum Gasteiger partial charge on any atom is -0.319 e. The number of benzene rings is 2. The number of hydrogen-bond acceptors (Lipinski definition) is 5. The first-order valence-electron chi connectivity index (χ1n) is 10.6. The van der Waals surface area contributed by atoms with Crippen LogP contribution in [-0.2, 0) is 28.0 Å². The van der Waals surface area contributed by atoms with Crippen molar-refractivity contribution in [3.8, 4) is 11.3 Å². The van der Waals surface area contributed by atoms with Crippen molar-refractivity contribution in [3.63, 3.8) is 0 Å². The highest BCUT2D eigenvalue weighted by Crippen LogP contribution is 2.41. The molecule has 1 fully saturated rings. The van der Waals surface area contributed by atoms with Gasteiger partial charge in [0.05, 0.1) is 5.69 Å². The van der Waals surface area contributed by atoms with Gasteiger partial charge in [-0.25, -0.2) is 9.78 Å². The molecule has 1 spiro atoms. The fourth-order valence-corrected chi connectivity index (χ4v) is 5.15. The molecule has 162 valence electrons. The van der Waals surface area contributed by atoms with Gasteiger partial charge in [0.25, 0.3) is 5.91 Å². The van der Waals surface area contributed by atoms with Gasteiger partial charge < -0.3 is 10.6 Å². The number of aryl methyl sites for hydroxylation is 2. The standard InChI is InChI=1S/C24H22N4O3S/c1-2-15-7-9-17(10-8-15)19-14-32-22(25-19)26-20(29)13-28-21(30)24(27-23(28)31)12-11-16-5-3-4-6-18(16)24/h3-10,14H,2,11-13H2,1H3,(H,27,31)(H,25,26,29). The fourth-order valence-electron chi connectivity index (χ4n) is 4.41. The Morgan fingerprint density at radius 3 is 2.75 bits per heavy atom. The van der Waals surface area contributed by atoms with E-state index in [-0.39, 0.29) is 12.5 Å². The van der Waals surface area contributed by atoms with Gasteiger partial charge in [-0.05, 0) is 36.0 Å². The molecule has 2 N–H and O–H groups in total. The molecule has 2 heterocycles. The topological polar surface area (TPSA) is 91.4 Å². The lowest BCUT2D eigenvalue weighted by molar-refractivity contribution is -0.134. The molecule has 0 bridgehead atoms. The van der Waals surface area contributed by atoms with Gasteiger partial charge in [-0.2, -0.15) is 0 Å². The zero-order chi connectivity index (χ0) is 22.3. The van der Waals surface area contributed by atoms with Crippen LogP contribution in [0, 0.1) is 0 Å². The van der Waals surface area contributed by atoms with Crippen LogP contribution in [0.25, 0.3) is 11.3 Å². The number of hydrogen-bond donors (Lipinski definition) is 2. The Morgan fingerprint density at radius 1 is 1.19 bits per heavy atom. The molecule has 32 heavy (non-hydrogen) atoms. The van der Waals surface area contributed by atoms with E-state index < -0.39 is 17.5 Å². The van der Waals surface area contributed by atoms with Crippen LogP contribution >= 0.6 is 11.3 Å². The molecule has 1 aliphatic heterocycles. The predicted octanol–water partition coefficient (Wildman–Crippen LogP) is 3.70. The SMILES string of the molecule is CCc1ccc(-c2csc(NC(=O)CN3C(=O)NC4(CCc5ccccc54)C3=O)n2)cc1. The van der Waals surface area contributed by atoms with E-state index in [0.29, 0.717) is 18.0 Å². The highest BCUT2D eigenvalue weighted by atomic mass is 32.1. The molecule has 7 nitrogen and oxygen atoms in total. The van der Waals surface area contributed by atoms with Gasteiger partial charge in [0.2, 0.25) is 5.91 Å². The van der Waals surface area contributed by atoms with E-state index in [0.717, 1.165) is 33.7 Å². The quantitative estimate of drug-likeness (QED) is 0.585. The zero-order valence-electron chi connectivity index (χ0n) is 17.6. The second-order valence-electron chi connectivity index (χ2n) is 8.02. The van der Waals surface area contributed by atoms with Gasteiger partial charge in [-0.1, -0.05) is 55.5 Å². The summed E-state index contributed by atoms with van der Waals surface area (Å²) in [6.07, 6.45) is 2.18. The number of amides is 4. The molecule has 8 heteroatoms. The van der Waals surface area contributed by atoms with Crippen LogP contribution in [0.4, 0.5) is 9.93 Å². The second kappa shape index (κ2) is 7.87. The van der Waals surface area contributed by atoms with E-state index in [4.69, 9.17) is 0 Å². The highest BCUT2D eigenvalue weighted by Gasteiger charge is 2.55. The number of thiazole rings is 1. The number of rotatable bonds is 5. The largest absolute Gasteiger partial charge is 0.325 e. The minimum atomic E-state index is -1.06. The molecule has 2 aromatic carbocycles. The first-order valence-corrected chi connectivity index (χ1v) is 11.5. The molecule has 1 aromatic heterocycles. The maximum atomic E-state index is 13.2. The Hall–Kier alpha value is -3.52. The smallest absolute Gasteiger partial charge is 0.319 e. The van der Waals surface area contributed by atoms with Crippen molar-refractivity contribution < 1.29 is 14.4 Å². The van der Waals surface area contributed by atoms with Gasteiger partial charge in [-0.15, -0.1) is 11.3 Å². The number of imide groups is 1. The van der Waals surface area contributed by atoms with Crippen molar-refractivity contribution in [3.05, 3.63) is 70.6 Å². The van der Waals surface area contributed by atoms with E-state index in [1.54, 1.807) is 0 Å². The number of anilines is 1. The van der Waals surface area contributed by atoms with Crippen LogP contribution in [0.5, 0.6) is 0 Å². The molecule has 3 aromatic rings. The van der Waals surface area contributed by atoms with Gasteiger partial charge in [0.1, 0.15) is 12.1 Å². The van der Waals surface area contributed by atoms with Gasteiger partial charge in [0.15, 0.2) is 5.13 Å². The van der Waals surface area contributed by atoms with Crippen molar-refractivity contribution in [2.75, 3.05) is 11.9 Å². The monoisotopic (exact) mass is 446 g/mol. The average molecular weight is 447 g/mol. The first-order chi connectivity index (χ1) is 15.5. The molecule has 1 aliphatic carbocycles. The van der Waals surface area contributed by atoms with E-state index in [2.05, 4.69) is 34.7 Å². The summed E-state index contributed by atoms with van der Waals surface area (Å²) in [5, 5.41) is 7.85. The van der Waals surface area contributed by atoms with Crippen LogP contribution in [0.2, 0.25) is 0 Å². The summed E-state index contributed by atoms with van der Waals surface area (Å²) in [4.78, 5) is 43.9. The normalized spacial score (nSPS) is 19.3. The van der Waals surface area contributed by atoms with E-state index >= 15 is 0 Å². The summed E-state index contributed by atoms with van der Waals surface area (Å²) in [5.74, 6) is -0.836. The summed E-state index contributed by atoms with van der Waals surface area (Å²) >= 11 is 1.30. The number of nitrogens with zero attached hydrogens (tertiary/aromatic N) is 2. The first kappa shape index (κ1) is 20.4. The van der Waals surface area contributed by atoms with E-state index in [1.807, 2.05) is 41.8 Å². The Labute approximate surface area is 189 Å². The second-order valence-corrected chi connectivity index (χ2v) is 8.88. The lowest BCUT2D eigenvalue weighted by atomic mass is 9.92. The zero-order valence-corrected chi connectivity index (χ0v) is 18.4. The Balaban J connectivity index is 1.27. The molecular formula is C24H22N4O3S. The van der Waals surface area contributed by atoms with Crippen molar-refractivity contribution in [1.29, 1.82) is 0 Å². The number of carbonyl (C=O) groups is 3. The fraction of sp³-hybridized carbons (Fsp3) is 0.250. The van der Waals surface area contributed by atoms with Crippen molar-refractivity contribution in [2.24, 2.45) is 0 Å². The summed E-state index contributed by atoms with van der Waals surface area (Å²) in [6.45, 7) is 1.75. The van der Waals surface area contributed by atoms with Crippen LogP contribution in [0.3, 0.4) is 0 Å². The third-order valence-corrected chi connectivity index (χ3v) is 6.89. The van der Waals surface area contributed by atoms with Crippen molar-refractivity contribution >= 4 is 34.3 Å². The summed E-state index contributed by atoms with van der Waals surface area (Å²) < 4.78 is 0. The molecule has 1 atom stereocenters. The van der Waals surface area contributed by atoms with Crippen molar-refractivity contribution in [2.45, 2.75) is 31.7 Å². The number of urea groups is 1. The molecule has 4 amide bonds. The third kappa shape index (κ3) is 3.36. The summed E-state index contributed by atoms with van der Waals surface area (Å²) in [5.41, 5.74) is 3.79. The summed E-state index contributed by atoms with van der Waals surface area (Å²) in [6, 6.07) is 15.2. The molecular weight excluding hydrogens is 424 g/mol. The lowest BCUT2D eigenvalue weighted by Gasteiger charge is -2.22. The Morgan fingerprint density at radius 2 is 1.97 bits per heavy atom. The molecule has 1 unspecified atom stereocenters. The Kier molecular flexibility index (Phi) is 5.01. The maximum Gasteiger partial charge on any atom is 0.325 e. The number of aromatic nitrogens is 1. The van der Waals surface area contributed by atoms with Crippen molar-refractivity contribution in [1.82, 2.24) is 15.2 Å². The molecule has 0 saturated carbocycles. The molecule has 0 radical (unpaired) electrons. The van der Waals surface area contributed by atoms with Gasteiger partial charge in [0, 0.05) is 10.9 Å². The number of nitrogens with one attached hydrogen (secondary N) is 2. The van der Waals surface area contributed by atoms with Crippen LogP contribution in [0.1, 0.15) is 30.0 Å². The third-order valence-electron chi connectivity index (χ3n) is 6.13. The van der Waals surface area contributed by atoms with Crippen LogP contribution in [-0.4, -0.2) is 34.3 Å². The summed E-state index contributed by atoms with van der Waals surface area (Å²) in [7, 11) is 0. The highest BCUT2D eigenvalue weighted by molar-refractivity contribution is 7.14. The average Bonchev–Trinajstić information content (AvgIpc) is 3.48. The van der Waals surface area contributed by atoms with Crippen LogP contribution in [0.15, 0.2) is 53.9 Å². The van der Waals surface area contributed by atoms with E-state index in [1.165, 1.54) is 16.9 Å². The maximum absolute atomic E-state index is 13.2. The van der Waals surface area contributed by atoms with Crippen LogP contribution < -0.4 is 10.6 Å². The minimum absolute atomic E-state index is 0.352. The molecule has 5 rings (SSSR count). The van der Waals surface area contributed by atoms with Gasteiger partial charge in [-0.3, -0.25) is 14.5 Å². The molecule has 1 saturated heterocycles. The van der Waals surface area contributed by atoms with Gasteiger partial charge >= 0.3 is 6.03 Å². The molecule has 2 aliphatic rings.